The molecule has 100 valence electrons. The van der Waals surface area contributed by atoms with E-state index < -0.39 is 0 Å². The molecule has 1 aromatic rings. The molecule has 19 heavy (non-hydrogen) atoms. The van der Waals surface area contributed by atoms with E-state index >= 15 is 0 Å². The zero-order valence-electron chi connectivity index (χ0n) is 11.4. The first-order chi connectivity index (χ1) is 9.03. The number of aliphatic hydroxyl groups excluding tert-OH is 1. The maximum absolute atomic E-state index is 12.5. The summed E-state index contributed by atoms with van der Waals surface area (Å²) < 4.78 is 0. The van der Waals surface area contributed by atoms with Crippen molar-refractivity contribution in [3.05, 3.63) is 35.4 Å². The molecule has 1 aliphatic rings. The summed E-state index contributed by atoms with van der Waals surface area (Å²) in [6.45, 7) is 5.75. The molecule has 1 saturated heterocycles. The first-order valence-corrected chi connectivity index (χ1v) is 6.51. The summed E-state index contributed by atoms with van der Waals surface area (Å²) in [7, 11) is 0. The number of rotatable bonds is 1. The van der Waals surface area contributed by atoms with Crippen LogP contribution in [-0.4, -0.2) is 35.6 Å². The molecule has 1 aliphatic heterocycles. The number of amides is 1. The van der Waals surface area contributed by atoms with E-state index in [1.165, 1.54) is 0 Å². The Kier molecular flexibility index (Phi) is 3.92. The molecule has 0 spiro atoms. The fourth-order valence-corrected chi connectivity index (χ4v) is 2.37. The van der Waals surface area contributed by atoms with Crippen molar-refractivity contribution in [2.75, 3.05) is 19.7 Å². The van der Waals surface area contributed by atoms with Crippen LogP contribution in [0.2, 0.25) is 0 Å². The Labute approximate surface area is 114 Å². The summed E-state index contributed by atoms with van der Waals surface area (Å²) in [6, 6.07) is 7.32. The monoisotopic (exact) mass is 257 g/mol. The molecule has 0 aliphatic carbocycles. The van der Waals surface area contributed by atoms with E-state index in [2.05, 4.69) is 25.7 Å². The number of nitrogens with zero attached hydrogens (tertiary/aromatic N) is 1. The predicted molar refractivity (Wildman–Crippen MR) is 74.7 cm³/mol. The fourth-order valence-electron chi connectivity index (χ4n) is 2.37. The highest BCUT2D eigenvalue weighted by atomic mass is 16.2. The van der Waals surface area contributed by atoms with Crippen LogP contribution in [-0.2, 0) is 0 Å². The van der Waals surface area contributed by atoms with Crippen LogP contribution < -0.4 is 0 Å². The van der Waals surface area contributed by atoms with Crippen molar-refractivity contribution in [2.24, 2.45) is 5.41 Å². The summed E-state index contributed by atoms with van der Waals surface area (Å²) in [5.41, 5.74) is 1.51. The van der Waals surface area contributed by atoms with E-state index in [-0.39, 0.29) is 17.9 Å². The third-order valence-electron chi connectivity index (χ3n) is 3.42. The van der Waals surface area contributed by atoms with Crippen molar-refractivity contribution >= 4 is 5.91 Å². The third-order valence-corrected chi connectivity index (χ3v) is 3.42. The molecule has 1 fully saturated rings. The summed E-state index contributed by atoms with van der Waals surface area (Å²) in [5, 5.41) is 8.77. The molecule has 2 rings (SSSR count). The SMILES string of the molecule is CC1(C)CCN(C(=O)c2ccccc2C#CCO)C1. The van der Waals surface area contributed by atoms with Crippen LogP contribution in [0, 0.1) is 17.3 Å². The molecule has 0 aromatic heterocycles. The largest absolute Gasteiger partial charge is 0.384 e. The van der Waals surface area contributed by atoms with Crippen molar-refractivity contribution in [1.82, 2.24) is 4.90 Å². The fraction of sp³-hybridized carbons (Fsp3) is 0.438. The lowest BCUT2D eigenvalue weighted by atomic mass is 9.93. The van der Waals surface area contributed by atoms with Crippen LogP contribution in [0.1, 0.15) is 36.2 Å². The molecule has 0 saturated carbocycles. The van der Waals surface area contributed by atoms with Gasteiger partial charge in [0.1, 0.15) is 6.61 Å². The van der Waals surface area contributed by atoms with Gasteiger partial charge in [-0.2, -0.15) is 0 Å². The highest BCUT2D eigenvalue weighted by Crippen LogP contribution is 2.30. The molecule has 0 atom stereocenters. The van der Waals surface area contributed by atoms with Gasteiger partial charge in [0.15, 0.2) is 0 Å². The van der Waals surface area contributed by atoms with Crippen molar-refractivity contribution in [3.63, 3.8) is 0 Å². The Bertz CT molecular complexity index is 537. The quantitative estimate of drug-likeness (QED) is 0.781. The Balaban J connectivity index is 2.25. The van der Waals surface area contributed by atoms with Crippen LogP contribution in [0.15, 0.2) is 24.3 Å². The van der Waals surface area contributed by atoms with Gasteiger partial charge >= 0.3 is 0 Å². The smallest absolute Gasteiger partial charge is 0.255 e. The lowest BCUT2D eigenvalue weighted by molar-refractivity contribution is 0.0778. The van der Waals surface area contributed by atoms with E-state index in [1.54, 1.807) is 6.07 Å². The Morgan fingerprint density at radius 1 is 1.42 bits per heavy atom. The maximum Gasteiger partial charge on any atom is 0.255 e. The summed E-state index contributed by atoms with van der Waals surface area (Å²) >= 11 is 0. The second kappa shape index (κ2) is 5.46. The highest BCUT2D eigenvalue weighted by Gasteiger charge is 2.32. The molecule has 1 N–H and O–H groups in total. The predicted octanol–water partition coefficient (Wildman–Crippen LogP) is 1.90. The van der Waals surface area contributed by atoms with Gasteiger partial charge in [-0.25, -0.2) is 0 Å². The second-order valence-corrected chi connectivity index (χ2v) is 5.65. The molecular formula is C16H19NO2. The number of carbonyl (C=O) groups is 1. The van der Waals surface area contributed by atoms with Crippen molar-refractivity contribution in [3.8, 4) is 11.8 Å². The molecule has 3 heteroatoms. The number of aliphatic hydroxyl groups is 1. The van der Waals surface area contributed by atoms with E-state index in [1.807, 2.05) is 23.1 Å². The van der Waals surface area contributed by atoms with Crippen molar-refractivity contribution < 1.29 is 9.90 Å². The van der Waals surface area contributed by atoms with Gasteiger partial charge in [0.25, 0.3) is 5.91 Å². The van der Waals surface area contributed by atoms with E-state index in [0.717, 1.165) is 19.5 Å². The maximum atomic E-state index is 12.5. The molecule has 0 bridgehead atoms. The van der Waals surface area contributed by atoms with Crippen LogP contribution >= 0.6 is 0 Å². The van der Waals surface area contributed by atoms with Gasteiger partial charge in [-0.15, -0.1) is 0 Å². The van der Waals surface area contributed by atoms with Gasteiger partial charge in [-0.3, -0.25) is 4.79 Å². The topological polar surface area (TPSA) is 40.5 Å². The Morgan fingerprint density at radius 2 is 2.16 bits per heavy atom. The van der Waals surface area contributed by atoms with Crippen LogP contribution in [0.4, 0.5) is 0 Å². The summed E-state index contributed by atoms with van der Waals surface area (Å²) in [4.78, 5) is 14.4. The minimum atomic E-state index is -0.195. The minimum Gasteiger partial charge on any atom is -0.384 e. The van der Waals surface area contributed by atoms with Gasteiger partial charge < -0.3 is 10.0 Å². The number of benzene rings is 1. The zero-order chi connectivity index (χ0) is 13.9. The van der Waals surface area contributed by atoms with Gasteiger partial charge in [0.05, 0.1) is 5.56 Å². The lowest BCUT2D eigenvalue weighted by Gasteiger charge is -2.20. The minimum absolute atomic E-state index is 0.0356. The summed E-state index contributed by atoms with van der Waals surface area (Å²) in [5.74, 6) is 5.48. The molecular weight excluding hydrogens is 238 g/mol. The Morgan fingerprint density at radius 3 is 2.79 bits per heavy atom. The first kappa shape index (κ1) is 13.6. The lowest BCUT2D eigenvalue weighted by Crippen LogP contribution is -2.30. The zero-order valence-corrected chi connectivity index (χ0v) is 11.4. The van der Waals surface area contributed by atoms with Crippen LogP contribution in [0.5, 0.6) is 0 Å². The standard InChI is InChI=1S/C16H19NO2/c1-16(2)9-10-17(12-16)15(19)14-8-4-3-6-13(14)7-5-11-18/h3-4,6,8,18H,9-12H2,1-2H3. The van der Waals surface area contributed by atoms with E-state index in [9.17, 15) is 4.79 Å². The number of likely N-dealkylation sites (tertiary alicyclic amines) is 1. The van der Waals surface area contributed by atoms with Crippen LogP contribution in [0.3, 0.4) is 0 Å². The molecule has 0 radical (unpaired) electrons. The Hall–Kier alpha value is -1.79. The van der Waals surface area contributed by atoms with E-state index in [0.29, 0.717) is 11.1 Å². The van der Waals surface area contributed by atoms with Gasteiger partial charge in [-0.05, 0) is 24.0 Å². The third kappa shape index (κ3) is 3.15. The highest BCUT2D eigenvalue weighted by molar-refractivity contribution is 5.97. The molecule has 1 amide bonds. The molecule has 1 heterocycles. The van der Waals surface area contributed by atoms with Gasteiger partial charge in [0.2, 0.25) is 0 Å². The van der Waals surface area contributed by atoms with Crippen molar-refractivity contribution in [1.29, 1.82) is 0 Å². The number of hydrogen-bond acceptors (Lipinski definition) is 2. The number of hydrogen-bond donors (Lipinski definition) is 1. The molecule has 3 nitrogen and oxygen atoms in total. The normalized spacial score (nSPS) is 16.9. The van der Waals surface area contributed by atoms with Gasteiger partial charge in [-0.1, -0.05) is 37.8 Å². The summed E-state index contributed by atoms with van der Waals surface area (Å²) in [6.07, 6.45) is 1.03. The second-order valence-electron chi connectivity index (χ2n) is 5.65. The van der Waals surface area contributed by atoms with Crippen molar-refractivity contribution in [2.45, 2.75) is 20.3 Å². The van der Waals surface area contributed by atoms with Crippen LogP contribution in [0.25, 0.3) is 0 Å². The van der Waals surface area contributed by atoms with E-state index in [4.69, 9.17) is 5.11 Å². The average molecular weight is 257 g/mol. The average Bonchev–Trinajstić information content (AvgIpc) is 2.76. The van der Waals surface area contributed by atoms with Gasteiger partial charge in [0, 0.05) is 18.7 Å². The first-order valence-electron chi connectivity index (χ1n) is 6.51. The number of carbonyl (C=O) groups excluding carboxylic acids is 1. The molecule has 0 unspecified atom stereocenters. The molecule has 1 aromatic carbocycles.